The first-order chi connectivity index (χ1) is 14.1. The van der Waals surface area contributed by atoms with Gasteiger partial charge in [-0.2, -0.15) is 4.31 Å². The average molecular weight is 408 g/mol. The molecule has 0 radical (unpaired) electrons. The maximum Gasteiger partial charge on any atom is 0.243 e. The van der Waals surface area contributed by atoms with Gasteiger partial charge >= 0.3 is 0 Å². The van der Waals surface area contributed by atoms with Crippen molar-refractivity contribution in [3.8, 4) is 0 Å². The zero-order chi connectivity index (χ0) is 20.4. The molecule has 3 unspecified atom stereocenters. The van der Waals surface area contributed by atoms with Crippen molar-refractivity contribution in [2.45, 2.75) is 23.3 Å². The topological polar surface area (TPSA) is 62.3 Å². The number of hydrogen-bond acceptors (Lipinski definition) is 4. The van der Waals surface area contributed by atoms with Crippen LogP contribution in [0.3, 0.4) is 0 Å². The van der Waals surface area contributed by atoms with Crippen molar-refractivity contribution in [2.24, 2.45) is 5.92 Å². The molecular weight excluding hydrogens is 382 g/mol. The van der Waals surface area contributed by atoms with Crippen molar-refractivity contribution in [1.29, 1.82) is 0 Å². The quantitative estimate of drug-likeness (QED) is 0.696. The van der Waals surface area contributed by atoms with E-state index in [4.69, 9.17) is 0 Å². The number of fused-ring (bicyclic) bond motifs is 3. The minimum absolute atomic E-state index is 0.150. The van der Waals surface area contributed by atoms with Gasteiger partial charge in [-0.15, -0.1) is 13.2 Å². The smallest absolute Gasteiger partial charge is 0.243 e. The largest absolute Gasteiger partial charge is 0.378 e. The molecule has 2 aliphatic rings. The summed E-state index contributed by atoms with van der Waals surface area (Å²) in [6, 6.07) is 9.58. The number of allylic oxidation sites excluding steroid dienone is 2. The maximum atomic E-state index is 13.2. The molecule has 0 fully saturated rings. The van der Waals surface area contributed by atoms with E-state index in [0.29, 0.717) is 10.8 Å². The summed E-state index contributed by atoms with van der Waals surface area (Å²) in [6.07, 6.45) is 12.2. The lowest BCUT2D eigenvalue weighted by Gasteiger charge is -2.37. The summed E-state index contributed by atoms with van der Waals surface area (Å²) < 4.78 is 27.7. The third-order valence-electron chi connectivity index (χ3n) is 5.68. The van der Waals surface area contributed by atoms with Crippen molar-refractivity contribution in [3.63, 3.8) is 0 Å². The molecule has 2 heterocycles. The van der Waals surface area contributed by atoms with Gasteiger partial charge in [-0.05, 0) is 47.7 Å². The van der Waals surface area contributed by atoms with Crippen LogP contribution in [0.1, 0.15) is 29.5 Å². The number of pyridine rings is 1. The summed E-state index contributed by atoms with van der Waals surface area (Å²) in [5.74, 6) is 0.515. The highest BCUT2D eigenvalue weighted by Gasteiger charge is 2.38. The molecule has 0 saturated carbocycles. The molecule has 1 aliphatic heterocycles. The van der Waals surface area contributed by atoms with Crippen LogP contribution in [0.4, 0.5) is 5.69 Å². The van der Waals surface area contributed by atoms with Crippen molar-refractivity contribution in [2.75, 3.05) is 18.4 Å². The number of benzene rings is 1. The highest BCUT2D eigenvalue weighted by Crippen LogP contribution is 2.50. The molecule has 3 atom stereocenters. The monoisotopic (exact) mass is 407 g/mol. The van der Waals surface area contributed by atoms with Crippen LogP contribution in [0, 0.1) is 5.92 Å². The summed E-state index contributed by atoms with van der Waals surface area (Å²) in [7, 11) is -3.62. The van der Waals surface area contributed by atoms with Crippen LogP contribution in [0.5, 0.6) is 0 Å². The van der Waals surface area contributed by atoms with Gasteiger partial charge in [-0.3, -0.25) is 4.98 Å². The van der Waals surface area contributed by atoms with E-state index < -0.39 is 10.0 Å². The Hall–Kier alpha value is -2.70. The lowest BCUT2D eigenvalue weighted by molar-refractivity contribution is 0.424. The normalized spacial score (nSPS) is 22.6. The van der Waals surface area contributed by atoms with Crippen molar-refractivity contribution in [1.82, 2.24) is 9.29 Å². The molecular formula is C23H25N3O2S. The van der Waals surface area contributed by atoms with E-state index in [-0.39, 0.29) is 25.0 Å². The van der Waals surface area contributed by atoms with E-state index in [1.807, 2.05) is 24.4 Å². The zero-order valence-corrected chi connectivity index (χ0v) is 17.1. The molecule has 1 aliphatic carbocycles. The minimum Gasteiger partial charge on any atom is -0.378 e. The minimum atomic E-state index is -3.62. The van der Waals surface area contributed by atoms with Crippen LogP contribution in [0.2, 0.25) is 0 Å². The summed E-state index contributed by atoms with van der Waals surface area (Å²) in [5, 5.41) is 3.62. The number of nitrogens with one attached hydrogen (secondary N) is 1. The molecule has 29 heavy (non-hydrogen) atoms. The maximum absolute atomic E-state index is 13.2. The predicted octanol–water partition coefficient (Wildman–Crippen LogP) is 4.27. The summed E-state index contributed by atoms with van der Waals surface area (Å²) >= 11 is 0. The third-order valence-corrected chi connectivity index (χ3v) is 7.51. The number of nitrogens with zero attached hydrogens (tertiary/aromatic N) is 2. The van der Waals surface area contributed by atoms with Gasteiger partial charge in [0.2, 0.25) is 10.0 Å². The van der Waals surface area contributed by atoms with E-state index in [0.717, 1.165) is 23.2 Å². The summed E-state index contributed by atoms with van der Waals surface area (Å²) in [5.41, 5.74) is 3.16. The van der Waals surface area contributed by atoms with Gasteiger partial charge in [-0.25, -0.2) is 8.42 Å². The van der Waals surface area contributed by atoms with E-state index >= 15 is 0 Å². The molecule has 0 spiro atoms. The third kappa shape index (κ3) is 3.54. The fraction of sp³-hybridized carbons (Fsp3) is 0.261. The molecule has 2 aromatic rings. The SMILES string of the molecule is C=CCN(CC=C)S(=O)(=O)c1ccc2c(c1)C1C=CCC1C(c1cccnc1)N2. The molecule has 1 aromatic heterocycles. The van der Waals surface area contributed by atoms with Gasteiger partial charge in [0.15, 0.2) is 0 Å². The fourth-order valence-corrected chi connectivity index (χ4v) is 5.75. The Morgan fingerprint density at radius 2 is 2.00 bits per heavy atom. The second-order valence-corrected chi connectivity index (χ2v) is 9.35. The Balaban J connectivity index is 1.73. The van der Waals surface area contributed by atoms with Gasteiger partial charge in [0.1, 0.15) is 0 Å². The standard InChI is InChI=1S/C23H25N3O2S/c1-3-13-26(14-4-2)29(27,28)18-10-11-22-21(15-18)19-8-5-9-20(19)23(25-22)17-7-6-12-24-16-17/h3-8,10-12,15-16,19-20,23,25H,1-2,9,13-14H2. The fourth-order valence-electron chi connectivity index (χ4n) is 4.33. The van der Waals surface area contributed by atoms with Gasteiger partial charge < -0.3 is 5.32 Å². The Bertz CT molecular complexity index is 1040. The highest BCUT2D eigenvalue weighted by atomic mass is 32.2. The van der Waals surface area contributed by atoms with Crippen molar-refractivity contribution in [3.05, 3.63) is 91.3 Å². The van der Waals surface area contributed by atoms with Gasteiger partial charge in [0.05, 0.1) is 10.9 Å². The van der Waals surface area contributed by atoms with E-state index in [1.54, 1.807) is 24.4 Å². The zero-order valence-electron chi connectivity index (χ0n) is 16.2. The molecule has 0 amide bonds. The lowest BCUT2D eigenvalue weighted by atomic mass is 9.77. The van der Waals surface area contributed by atoms with Crippen LogP contribution in [-0.2, 0) is 10.0 Å². The highest BCUT2D eigenvalue weighted by molar-refractivity contribution is 7.89. The van der Waals surface area contributed by atoms with Crippen molar-refractivity contribution < 1.29 is 8.42 Å². The Kier molecular flexibility index (Phi) is 5.39. The van der Waals surface area contributed by atoms with Crippen LogP contribution >= 0.6 is 0 Å². The number of anilines is 1. The average Bonchev–Trinajstić information content (AvgIpc) is 3.23. The van der Waals surface area contributed by atoms with Crippen molar-refractivity contribution >= 4 is 15.7 Å². The number of rotatable bonds is 7. The van der Waals surface area contributed by atoms with Crippen LogP contribution in [-0.4, -0.2) is 30.8 Å². The predicted molar refractivity (Wildman–Crippen MR) is 116 cm³/mol. The Morgan fingerprint density at radius 1 is 1.21 bits per heavy atom. The van der Waals surface area contributed by atoms with E-state index in [1.165, 1.54) is 4.31 Å². The first-order valence-electron chi connectivity index (χ1n) is 9.75. The summed E-state index contributed by atoms with van der Waals surface area (Å²) in [4.78, 5) is 4.58. The molecule has 0 bridgehead atoms. The van der Waals surface area contributed by atoms with E-state index in [9.17, 15) is 8.42 Å². The second kappa shape index (κ2) is 7.97. The van der Waals surface area contributed by atoms with Crippen LogP contribution in [0.15, 0.2) is 85.1 Å². The molecule has 4 rings (SSSR count). The van der Waals surface area contributed by atoms with Gasteiger partial charge in [-0.1, -0.05) is 30.4 Å². The first kappa shape index (κ1) is 19.6. The Labute approximate surface area is 172 Å². The second-order valence-electron chi connectivity index (χ2n) is 7.41. The van der Waals surface area contributed by atoms with E-state index in [2.05, 4.69) is 41.7 Å². The van der Waals surface area contributed by atoms with Gasteiger partial charge in [0.25, 0.3) is 0 Å². The first-order valence-corrected chi connectivity index (χ1v) is 11.2. The molecule has 6 heteroatoms. The van der Waals surface area contributed by atoms with Crippen LogP contribution < -0.4 is 5.32 Å². The molecule has 5 nitrogen and oxygen atoms in total. The van der Waals surface area contributed by atoms with Gasteiger partial charge in [0, 0.05) is 37.1 Å². The number of sulfonamides is 1. The lowest BCUT2D eigenvalue weighted by Crippen LogP contribution is -2.32. The molecule has 1 N–H and O–H groups in total. The van der Waals surface area contributed by atoms with Crippen LogP contribution in [0.25, 0.3) is 0 Å². The number of aromatic nitrogens is 1. The summed E-state index contributed by atoms with van der Waals surface area (Å²) in [6.45, 7) is 7.85. The number of hydrogen-bond donors (Lipinski definition) is 1. The molecule has 0 saturated heterocycles. The Morgan fingerprint density at radius 3 is 2.69 bits per heavy atom. The molecule has 1 aromatic carbocycles. The molecule has 150 valence electrons.